The molecule has 0 unspecified atom stereocenters. The molecular weight excluding hydrogens is 242 g/mol. The molecule has 2 aromatic rings. The van der Waals surface area contributed by atoms with Crippen LogP contribution in [0.25, 0.3) is 5.69 Å². The smallest absolute Gasteiger partial charge is 0.222 e. The van der Waals surface area contributed by atoms with E-state index in [4.69, 9.17) is 5.73 Å². The lowest BCUT2D eigenvalue weighted by atomic mass is 10.3. The van der Waals surface area contributed by atoms with Crippen molar-refractivity contribution in [3.8, 4) is 5.69 Å². The number of rotatable bonds is 2. The van der Waals surface area contributed by atoms with Gasteiger partial charge in [-0.2, -0.15) is 0 Å². The maximum Gasteiger partial charge on any atom is 0.222 e. The summed E-state index contributed by atoms with van der Waals surface area (Å²) in [4.78, 5) is 19.3. The van der Waals surface area contributed by atoms with Gasteiger partial charge in [-0.05, 0) is 12.1 Å². The van der Waals surface area contributed by atoms with Gasteiger partial charge in [0, 0.05) is 19.7 Å². The fourth-order valence-electron chi connectivity index (χ4n) is 1.72. The van der Waals surface area contributed by atoms with E-state index in [1.807, 2.05) is 30.3 Å². The van der Waals surface area contributed by atoms with Gasteiger partial charge in [0.25, 0.3) is 0 Å². The SMILES string of the molecule is CN=C(NC(C)=O)c1ncn(-c2ccccc2)c1N. The fourth-order valence-corrected chi connectivity index (χ4v) is 1.72. The number of amidine groups is 1. The third kappa shape index (κ3) is 2.62. The molecule has 0 aliphatic heterocycles. The van der Waals surface area contributed by atoms with E-state index in [-0.39, 0.29) is 5.91 Å². The molecule has 0 saturated heterocycles. The summed E-state index contributed by atoms with van der Waals surface area (Å²) >= 11 is 0. The second kappa shape index (κ2) is 5.34. The summed E-state index contributed by atoms with van der Waals surface area (Å²) in [6, 6.07) is 9.59. The largest absolute Gasteiger partial charge is 0.383 e. The Balaban J connectivity index is 2.41. The van der Waals surface area contributed by atoms with Crippen LogP contribution in [0.1, 0.15) is 12.6 Å². The minimum absolute atomic E-state index is 0.214. The maximum absolute atomic E-state index is 11.1. The molecule has 1 aromatic carbocycles. The predicted octanol–water partition coefficient (Wildman–Crippen LogP) is 0.967. The van der Waals surface area contributed by atoms with Crippen molar-refractivity contribution < 1.29 is 4.79 Å². The first kappa shape index (κ1) is 12.8. The number of carbonyl (C=O) groups excluding carboxylic acids is 1. The first-order valence-corrected chi connectivity index (χ1v) is 5.76. The topological polar surface area (TPSA) is 85.3 Å². The van der Waals surface area contributed by atoms with E-state index in [2.05, 4.69) is 15.3 Å². The monoisotopic (exact) mass is 257 g/mol. The number of para-hydroxylation sites is 1. The zero-order valence-electron chi connectivity index (χ0n) is 10.8. The molecule has 98 valence electrons. The summed E-state index contributed by atoms with van der Waals surface area (Å²) in [5, 5.41) is 2.61. The van der Waals surface area contributed by atoms with Gasteiger partial charge < -0.3 is 11.1 Å². The first-order valence-electron chi connectivity index (χ1n) is 5.76. The molecule has 0 aliphatic rings. The van der Waals surface area contributed by atoms with Gasteiger partial charge in [0.2, 0.25) is 5.91 Å². The molecule has 0 spiro atoms. The Labute approximate surface area is 111 Å². The number of nitrogen functional groups attached to an aromatic ring is 1. The van der Waals surface area contributed by atoms with Crippen molar-refractivity contribution in [1.82, 2.24) is 14.9 Å². The molecule has 6 nitrogen and oxygen atoms in total. The van der Waals surface area contributed by atoms with E-state index in [1.165, 1.54) is 6.92 Å². The molecule has 3 N–H and O–H groups in total. The molecule has 0 bridgehead atoms. The lowest BCUT2D eigenvalue weighted by Gasteiger charge is -2.07. The van der Waals surface area contributed by atoms with Crippen molar-refractivity contribution in [3.05, 3.63) is 42.4 Å². The van der Waals surface area contributed by atoms with Crippen molar-refractivity contribution in [3.63, 3.8) is 0 Å². The van der Waals surface area contributed by atoms with Gasteiger partial charge >= 0.3 is 0 Å². The molecule has 1 heterocycles. The zero-order valence-corrected chi connectivity index (χ0v) is 10.8. The standard InChI is InChI=1S/C13H15N5O/c1-9(19)17-13(15-2)11-12(14)18(8-16-11)10-6-4-3-5-7-10/h3-8H,14H2,1-2H3,(H,15,17,19). The summed E-state index contributed by atoms with van der Waals surface area (Å²) in [5.74, 6) is 0.578. The lowest BCUT2D eigenvalue weighted by molar-refractivity contribution is -0.117. The van der Waals surface area contributed by atoms with Crippen LogP contribution in [0.15, 0.2) is 41.7 Å². The Morgan fingerprint density at radius 2 is 2.05 bits per heavy atom. The van der Waals surface area contributed by atoms with Crippen LogP contribution < -0.4 is 11.1 Å². The number of carbonyl (C=O) groups is 1. The molecule has 19 heavy (non-hydrogen) atoms. The highest BCUT2D eigenvalue weighted by atomic mass is 16.1. The molecule has 6 heteroatoms. The summed E-state index contributed by atoms with van der Waals surface area (Å²) in [5.41, 5.74) is 7.42. The number of hydrogen-bond acceptors (Lipinski definition) is 4. The number of imidazole rings is 1. The molecule has 1 amide bonds. The molecule has 1 aromatic heterocycles. The number of aliphatic imine (C=N–C) groups is 1. The highest BCUT2D eigenvalue weighted by Crippen LogP contribution is 2.16. The van der Waals surface area contributed by atoms with Gasteiger partial charge in [-0.15, -0.1) is 0 Å². The van der Waals surface area contributed by atoms with Crippen molar-refractivity contribution in [1.29, 1.82) is 0 Å². The average Bonchev–Trinajstić information content (AvgIpc) is 2.78. The van der Waals surface area contributed by atoms with Crippen molar-refractivity contribution in [2.24, 2.45) is 4.99 Å². The van der Waals surface area contributed by atoms with Crippen LogP contribution in [0.4, 0.5) is 5.82 Å². The summed E-state index contributed by atoms with van der Waals surface area (Å²) < 4.78 is 1.74. The van der Waals surface area contributed by atoms with Crippen LogP contribution in [0.5, 0.6) is 0 Å². The molecule has 0 saturated carbocycles. The fraction of sp³-hybridized carbons (Fsp3) is 0.154. The highest BCUT2D eigenvalue weighted by Gasteiger charge is 2.15. The van der Waals surface area contributed by atoms with Gasteiger partial charge in [0.05, 0.1) is 0 Å². The minimum Gasteiger partial charge on any atom is -0.383 e. The normalized spacial score (nSPS) is 11.4. The van der Waals surface area contributed by atoms with Gasteiger partial charge in [-0.25, -0.2) is 4.98 Å². The molecule has 0 atom stereocenters. The zero-order chi connectivity index (χ0) is 13.8. The minimum atomic E-state index is -0.214. The summed E-state index contributed by atoms with van der Waals surface area (Å²) in [7, 11) is 1.58. The second-order valence-electron chi connectivity index (χ2n) is 3.94. The van der Waals surface area contributed by atoms with Crippen molar-refractivity contribution in [2.75, 3.05) is 12.8 Å². The Bertz CT molecular complexity index is 615. The quantitative estimate of drug-likeness (QED) is 0.621. The van der Waals surface area contributed by atoms with E-state index >= 15 is 0 Å². The Hall–Kier alpha value is -2.63. The third-order valence-corrected chi connectivity index (χ3v) is 2.58. The van der Waals surface area contributed by atoms with Crippen LogP contribution >= 0.6 is 0 Å². The van der Waals surface area contributed by atoms with Crippen LogP contribution in [-0.4, -0.2) is 28.3 Å². The van der Waals surface area contributed by atoms with E-state index in [9.17, 15) is 4.79 Å². The van der Waals surface area contributed by atoms with Crippen molar-refractivity contribution >= 4 is 17.6 Å². The van der Waals surface area contributed by atoms with Crippen LogP contribution in [0, 0.1) is 0 Å². The first-order chi connectivity index (χ1) is 9.13. The van der Waals surface area contributed by atoms with E-state index in [0.29, 0.717) is 17.3 Å². The number of aromatic nitrogens is 2. The highest BCUT2D eigenvalue weighted by molar-refractivity contribution is 6.08. The summed E-state index contributed by atoms with van der Waals surface area (Å²) in [6.45, 7) is 1.41. The molecule has 2 rings (SSSR count). The lowest BCUT2D eigenvalue weighted by Crippen LogP contribution is -2.30. The van der Waals surface area contributed by atoms with Gasteiger partial charge in [-0.3, -0.25) is 14.4 Å². The Morgan fingerprint density at radius 3 is 2.63 bits per heavy atom. The van der Waals surface area contributed by atoms with Crippen LogP contribution in [-0.2, 0) is 4.79 Å². The molecular formula is C13H15N5O. The Kier molecular flexibility index (Phi) is 3.61. The number of nitrogens with one attached hydrogen (secondary N) is 1. The third-order valence-electron chi connectivity index (χ3n) is 2.58. The number of anilines is 1. The number of amides is 1. The second-order valence-corrected chi connectivity index (χ2v) is 3.94. The molecule has 0 aliphatic carbocycles. The van der Waals surface area contributed by atoms with Gasteiger partial charge in [0.15, 0.2) is 5.84 Å². The number of hydrogen-bond donors (Lipinski definition) is 2. The van der Waals surface area contributed by atoms with Crippen LogP contribution in [0.2, 0.25) is 0 Å². The average molecular weight is 257 g/mol. The van der Waals surface area contributed by atoms with E-state index in [0.717, 1.165) is 5.69 Å². The molecule has 0 fully saturated rings. The number of nitrogens with zero attached hydrogens (tertiary/aromatic N) is 3. The van der Waals surface area contributed by atoms with E-state index < -0.39 is 0 Å². The number of benzene rings is 1. The Morgan fingerprint density at radius 1 is 1.37 bits per heavy atom. The molecule has 0 radical (unpaired) electrons. The van der Waals surface area contributed by atoms with E-state index in [1.54, 1.807) is 17.9 Å². The summed E-state index contributed by atoms with van der Waals surface area (Å²) in [6.07, 6.45) is 1.60. The van der Waals surface area contributed by atoms with Crippen molar-refractivity contribution in [2.45, 2.75) is 6.92 Å². The van der Waals surface area contributed by atoms with Gasteiger partial charge in [0.1, 0.15) is 17.8 Å². The van der Waals surface area contributed by atoms with Gasteiger partial charge in [-0.1, -0.05) is 18.2 Å². The number of nitrogens with two attached hydrogens (primary N) is 1. The maximum atomic E-state index is 11.1. The van der Waals surface area contributed by atoms with Crippen LogP contribution in [0.3, 0.4) is 0 Å². The predicted molar refractivity (Wildman–Crippen MR) is 74.3 cm³/mol.